The van der Waals surface area contributed by atoms with Crippen LogP contribution in [-0.4, -0.2) is 23.5 Å². The van der Waals surface area contributed by atoms with E-state index in [1.807, 2.05) is 0 Å². The summed E-state index contributed by atoms with van der Waals surface area (Å²) >= 11 is 0. The van der Waals surface area contributed by atoms with E-state index in [4.69, 9.17) is 10.0 Å². The number of hydrogen-bond donors (Lipinski definition) is 2. The first kappa shape index (κ1) is 13.8. The molecule has 3 nitrogen and oxygen atoms in total. The van der Waals surface area contributed by atoms with Gasteiger partial charge in [-0.05, 0) is 6.07 Å². The second kappa shape index (κ2) is 5.04. The minimum atomic E-state index is -4.84. The van der Waals surface area contributed by atoms with Gasteiger partial charge in [0.25, 0.3) is 0 Å². The van der Waals surface area contributed by atoms with E-state index >= 15 is 0 Å². The van der Waals surface area contributed by atoms with Gasteiger partial charge in [0.15, 0.2) is 0 Å². The number of para-hydroxylation sites is 1. The highest BCUT2D eigenvalue weighted by atomic mass is 19.4. The molecule has 7 heteroatoms. The van der Waals surface area contributed by atoms with Gasteiger partial charge in [-0.25, -0.2) is 0 Å². The van der Waals surface area contributed by atoms with Gasteiger partial charge in [-0.3, -0.25) is 0 Å². The predicted molar refractivity (Wildman–Crippen MR) is 49.7 cm³/mol. The Balaban J connectivity index is 0.00000196. The summed E-state index contributed by atoms with van der Waals surface area (Å²) < 4.78 is 39.0. The van der Waals surface area contributed by atoms with Crippen LogP contribution in [-0.2, 0) is 0 Å². The van der Waals surface area contributed by atoms with Crippen molar-refractivity contribution in [2.24, 2.45) is 0 Å². The Labute approximate surface area is 85.3 Å². The molecule has 0 saturated heterocycles. The van der Waals surface area contributed by atoms with E-state index in [9.17, 15) is 13.2 Å². The number of halogens is 3. The Kier molecular flexibility index (Phi) is 4.63. The second-order valence-corrected chi connectivity index (χ2v) is 2.46. The highest BCUT2D eigenvalue weighted by molar-refractivity contribution is 6.59. The summed E-state index contributed by atoms with van der Waals surface area (Å²) in [6.07, 6.45) is -4.84. The molecule has 1 rings (SSSR count). The molecule has 0 aliphatic rings. The lowest BCUT2D eigenvalue weighted by atomic mass is 9.80. The maximum absolute atomic E-state index is 11.8. The first-order valence-electron chi connectivity index (χ1n) is 3.61. The van der Waals surface area contributed by atoms with Gasteiger partial charge in [0.05, 0.1) is 0 Å². The molecule has 0 spiro atoms. The lowest BCUT2D eigenvalue weighted by molar-refractivity contribution is -0.274. The largest absolute Gasteiger partial charge is 0.573 e. The monoisotopic (exact) mass is 222 g/mol. The van der Waals surface area contributed by atoms with Crippen molar-refractivity contribution in [2.75, 3.05) is 0 Å². The summed E-state index contributed by atoms with van der Waals surface area (Å²) in [5.41, 5.74) is -0.329. The average Bonchev–Trinajstić information content (AvgIpc) is 2.01. The summed E-state index contributed by atoms with van der Waals surface area (Å²) in [5.74, 6) is -0.616. The highest BCUT2D eigenvalue weighted by Crippen LogP contribution is 2.20. The topological polar surface area (TPSA) is 49.7 Å². The van der Waals surface area contributed by atoms with Crippen LogP contribution in [0.3, 0.4) is 0 Å². The summed E-state index contributed by atoms with van der Waals surface area (Å²) in [4.78, 5) is 0. The average molecular weight is 222 g/mol. The molecule has 0 heterocycles. The zero-order valence-electron chi connectivity index (χ0n) is 6.82. The first-order chi connectivity index (χ1) is 6.40. The van der Waals surface area contributed by atoms with Gasteiger partial charge in [0, 0.05) is 5.46 Å². The van der Waals surface area contributed by atoms with Crippen molar-refractivity contribution in [2.45, 2.75) is 13.8 Å². The van der Waals surface area contributed by atoms with Crippen molar-refractivity contribution >= 4 is 12.6 Å². The minimum Gasteiger partial charge on any atom is -0.423 e. The van der Waals surface area contributed by atoms with Crippen molar-refractivity contribution < 1.29 is 28.0 Å². The van der Waals surface area contributed by atoms with Gasteiger partial charge in [-0.2, -0.15) is 0 Å². The highest BCUT2D eigenvalue weighted by Gasteiger charge is 2.33. The van der Waals surface area contributed by atoms with E-state index in [-0.39, 0.29) is 12.9 Å². The number of benzene rings is 1. The zero-order valence-corrected chi connectivity index (χ0v) is 6.82. The Bertz CT molecular complexity index is 314. The summed E-state index contributed by atoms with van der Waals surface area (Å²) in [5, 5.41) is 17.4. The van der Waals surface area contributed by atoms with Crippen LogP contribution >= 0.6 is 0 Å². The van der Waals surface area contributed by atoms with Crippen LogP contribution in [0.15, 0.2) is 24.3 Å². The third-order valence-electron chi connectivity index (χ3n) is 1.42. The third kappa shape index (κ3) is 4.22. The fourth-order valence-corrected chi connectivity index (χ4v) is 0.911. The first-order valence-corrected chi connectivity index (χ1v) is 3.61. The Hall–Kier alpha value is -1.21. The van der Waals surface area contributed by atoms with Gasteiger partial charge in [0.2, 0.25) is 0 Å². The van der Waals surface area contributed by atoms with Gasteiger partial charge < -0.3 is 14.8 Å². The Morgan fingerprint density at radius 3 is 2.13 bits per heavy atom. The molecule has 0 aromatic heterocycles. The van der Waals surface area contributed by atoms with Gasteiger partial charge in [-0.1, -0.05) is 25.6 Å². The Morgan fingerprint density at radius 1 is 1.13 bits per heavy atom. The number of alkyl halides is 3. The number of ether oxygens (including phenoxy) is 1. The normalized spacial score (nSPS) is 10.5. The quantitative estimate of drug-likeness (QED) is 0.731. The van der Waals surface area contributed by atoms with Crippen LogP contribution in [0.5, 0.6) is 5.75 Å². The van der Waals surface area contributed by atoms with Crippen molar-refractivity contribution in [3.05, 3.63) is 24.3 Å². The van der Waals surface area contributed by atoms with Gasteiger partial charge in [-0.15, -0.1) is 13.2 Å². The zero-order chi connectivity index (χ0) is 10.8. The fourth-order valence-electron chi connectivity index (χ4n) is 0.911. The van der Waals surface area contributed by atoms with Crippen LogP contribution in [0.25, 0.3) is 0 Å². The molecule has 1 aromatic carbocycles. The fraction of sp³-hybridized carbons (Fsp3) is 0.250. The SMILES string of the molecule is C.OB(O)c1ccccc1OC(F)(F)F. The second-order valence-electron chi connectivity index (χ2n) is 2.46. The molecule has 0 atom stereocenters. The minimum absolute atomic E-state index is 0. The maximum atomic E-state index is 11.8. The smallest absolute Gasteiger partial charge is 0.423 e. The lowest BCUT2D eigenvalue weighted by Gasteiger charge is -2.12. The van der Waals surface area contributed by atoms with Crippen molar-refractivity contribution in [1.82, 2.24) is 0 Å². The molecular formula is C8H10BF3O3. The van der Waals surface area contributed by atoms with E-state index in [2.05, 4.69) is 4.74 Å². The summed E-state index contributed by atoms with van der Waals surface area (Å²) in [6, 6.07) is 4.80. The van der Waals surface area contributed by atoms with E-state index in [1.165, 1.54) is 12.1 Å². The lowest BCUT2D eigenvalue weighted by Crippen LogP contribution is -2.33. The number of rotatable bonds is 2. The molecule has 0 amide bonds. The molecule has 0 bridgehead atoms. The van der Waals surface area contributed by atoms with E-state index in [1.54, 1.807) is 0 Å². The molecule has 0 fully saturated rings. The van der Waals surface area contributed by atoms with Crippen molar-refractivity contribution in [1.29, 1.82) is 0 Å². The number of hydrogen-bond acceptors (Lipinski definition) is 3. The van der Waals surface area contributed by atoms with E-state index < -0.39 is 19.2 Å². The Morgan fingerprint density at radius 2 is 1.67 bits per heavy atom. The maximum Gasteiger partial charge on any atom is 0.573 e. The molecule has 0 saturated carbocycles. The van der Waals surface area contributed by atoms with Gasteiger partial charge in [0.1, 0.15) is 5.75 Å². The van der Waals surface area contributed by atoms with Crippen molar-refractivity contribution in [3.63, 3.8) is 0 Å². The van der Waals surface area contributed by atoms with Crippen LogP contribution in [0.4, 0.5) is 13.2 Å². The molecule has 1 aromatic rings. The predicted octanol–water partition coefficient (Wildman–Crippen LogP) is 0.901. The molecule has 2 N–H and O–H groups in total. The van der Waals surface area contributed by atoms with Crippen LogP contribution in [0.1, 0.15) is 7.43 Å². The molecule has 15 heavy (non-hydrogen) atoms. The standard InChI is InChI=1S/C7H6BF3O3.CH4/c9-7(10,11)14-6-4-2-1-3-5(6)8(12)13;/h1-4,12-13H;1H4. The molecule has 0 aliphatic carbocycles. The van der Waals surface area contributed by atoms with Crippen LogP contribution in [0.2, 0.25) is 0 Å². The molecule has 84 valence electrons. The van der Waals surface area contributed by atoms with E-state index in [0.29, 0.717) is 0 Å². The van der Waals surface area contributed by atoms with Crippen LogP contribution in [0, 0.1) is 0 Å². The molecule has 0 aliphatic heterocycles. The van der Waals surface area contributed by atoms with Gasteiger partial charge >= 0.3 is 13.5 Å². The molecular weight excluding hydrogens is 212 g/mol. The summed E-state index contributed by atoms with van der Waals surface area (Å²) in [7, 11) is -1.99. The molecule has 0 radical (unpaired) electrons. The molecule has 0 unspecified atom stereocenters. The summed E-state index contributed by atoms with van der Waals surface area (Å²) in [6.45, 7) is 0. The van der Waals surface area contributed by atoms with E-state index in [0.717, 1.165) is 12.1 Å². The third-order valence-corrected chi connectivity index (χ3v) is 1.42. The van der Waals surface area contributed by atoms with Crippen LogP contribution < -0.4 is 10.2 Å². The van der Waals surface area contributed by atoms with Crippen molar-refractivity contribution in [3.8, 4) is 5.75 Å².